The van der Waals surface area contributed by atoms with Gasteiger partial charge in [0.25, 0.3) is 5.56 Å². The molecule has 0 unspecified atom stereocenters. The molecule has 0 saturated carbocycles. The van der Waals surface area contributed by atoms with E-state index < -0.39 is 0 Å². The molecular formula is C15H19N3O2. The Kier molecular flexibility index (Phi) is 4.53. The molecule has 5 heteroatoms. The van der Waals surface area contributed by atoms with E-state index in [-0.39, 0.29) is 11.2 Å². The first-order chi connectivity index (χ1) is 9.63. The minimum atomic E-state index is -0.280. The molecular weight excluding hydrogens is 254 g/mol. The third kappa shape index (κ3) is 3.05. The van der Waals surface area contributed by atoms with Gasteiger partial charge in [-0.3, -0.25) is 9.36 Å². The van der Waals surface area contributed by atoms with E-state index in [9.17, 15) is 9.59 Å². The monoisotopic (exact) mass is 273 g/mol. The minimum absolute atomic E-state index is 0.233. The maximum atomic E-state index is 12.3. The van der Waals surface area contributed by atoms with E-state index in [1.807, 2.05) is 30.3 Å². The Morgan fingerprint density at radius 2 is 1.85 bits per heavy atom. The lowest BCUT2D eigenvalue weighted by Gasteiger charge is -2.11. The number of nitrogens with two attached hydrogens (primary N) is 1. The topological polar surface area (TPSA) is 70.0 Å². The van der Waals surface area contributed by atoms with Crippen LogP contribution in [-0.4, -0.2) is 15.7 Å². The van der Waals surface area contributed by atoms with Gasteiger partial charge in [0.1, 0.15) is 0 Å². The Morgan fingerprint density at radius 1 is 1.15 bits per heavy atom. The average molecular weight is 273 g/mol. The van der Waals surface area contributed by atoms with Crippen LogP contribution in [-0.2, 0) is 13.1 Å². The van der Waals surface area contributed by atoms with Gasteiger partial charge >= 0.3 is 5.69 Å². The van der Waals surface area contributed by atoms with E-state index in [2.05, 4.69) is 0 Å². The van der Waals surface area contributed by atoms with Gasteiger partial charge in [-0.15, -0.1) is 0 Å². The van der Waals surface area contributed by atoms with E-state index in [1.165, 1.54) is 4.57 Å². The van der Waals surface area contributed by atoms with Crippen molar-refractivity contribution in [3.05, 3.63) is 68.5 Å². The van der Waals surface area contributed by atoms with Gasteiger partial charge in [0.05, 0.1) is 6.54 Å². The molecule has 0 fully saturated rings. The highest BCUT2D eigenvalue weighted by Gasteiger charge is 2.09. The molecule has 0 bridgehead atoms. The minimum Gasteiger partial charge on any atom is -0.330 e. The molecule has 1 heterocycles. The van der Waals surface area contributed by atoms with Crippen molar-refractivity contribution in [3.8, 4) is 0 Å². The molecule has 2 N–H and O–H groups in total. The Labute approximate surface area is 117 Å². The zero-order valence-electron chi connectivity index (χ0n) is 11.6. The van der Waals surface area contributed by atoms with Crippen LogP contribution in [0.1, 0.15) is 17.5 Å². The number of hydrogen-bond acceptors (Lipinski definition) is 3. The van der Waals surface area contributed by atoms with E-state index in [0.717, 1.165) is 5.56 Å². The van der Waals surface area contributed by atoms with Crippen molar-refractivity contribution in [2.75, 3.05) is 6.54 Å². The maximum Gasteiger partial charge on any atom is 0.331 e. The number of nitrogens with zero attached hydrogens (tertiary/aromatic N) is 2. The largest absolute Gasteiger partial charge is 0.331 e. The summed E-state index contributed by atoms with van der Waals surface area (Å²) in [4.78, 5) is 24.5. The van der Waals surface area contributed by atoms with Crippen LogP contribution in [0.3, 0.4) is 0 Å². The standard InChI is InChI=1S/C15H19N3O2/c1-12-10-17(9-5-8-16)15(20)18(14(12)19)11-13-6-3-2-4-7-13/h2-4,6-7,10H,5,8-9,11,16H2,1H3. The summed E-state index contributed by atoms with van der Waals surface area (Å²) in [5.74, 6) is 0. The molecule has 0 amide bonds. The smallest absolute Gasteiger partial charge is 0.330 e. The van der Waals surface area contributed by atoms with E-state index >= 15 is 0 Å². The van der Waals surface area contributed by atoms with Crippen molar-refractivity contribution in [1.29, 1.82) is 0 Å². The third-order valence-corrected chi connectivity index (χ3v) is 3.20. The van der Waals surface area contributed by atoms with Crippen molar-refractivity contribution >= 4 is 0 Å². The van der Waals surface area contributed by atoms with Crippen LogP contribution in [0.2, 0.25) is 0 Å². The first kappa shape index (κ1) is 14.3. The van der Waals surface area contributed by atoms with Crippen molar-refractivity contribution in [1.82, 2.24) is 9.13 Å². The lowest BCUT2D eigenvalue weighted by Crippen LogP contribution is -2.41. The molecule has 5 nitrogen and oxygen atoms in total. The lowest BCUT2D eigenvalue weighted by molar-refractivity contribution is 0.556. The normalized spacial score (nSPS) is 10.7. The quantitative estimate of drug-likeness (QED) is 0.872. The first-order valence-corrected chi connectivity index (χ1v) is 6.68. The van der Waals surface area contributed by atoms with Crippen LogP contribution in [0.4, 0.5) is 0 Å². The Hall–Kier alpha value is -2.14. The maximum absolute atomic E-state index is 12.3. The van der Waals surface area contributed by atoms with Crippen LogP contribution in [0, 0.1) is 6.92 Å². The number of aromatic nitrogens is 2. The van der Waals surface area contributed by atoms with Crippen LogP contribution >= 0.6 is 0 Å². The van der Waals surface area contributed by atoms with Gasteiger partial charge < -0.3 is 10.3 Å². The van der Waals surface area contributed by atoms with Crippen LogP contribution in [0.25, 0.3) is 0 Å². The molecule has 0 atom stereocenters. The molecule has 0 saturated heterocycles. The van der Waals surface area contributed by atoms with Gasteiger partial charge in [-0.25, -0.2) is 4.79 Å². The zero-order valence-corrected chi connectivity index (χ0v) is 11.6. The molecule has 2 aromatic rings. The van der Waals surface area contributed by atoms with Crippen LogP contribution in [0.15, 0.2) is 46.1 Å². The molecule has 0 aliphatic heterocycles. The van der Waals surface area contributed by atoms with Gasteiger partial charge in [0.15, 0.2) is 0 Å². The van der Waals surface area contributed by atoms with Crippen molar-refractivity contribution in [3.63, 3.8) is 0 Å². The summed E-state index contributed by atoms with van der Waals surface area (Å²) in [6, 6.07) is 9.49. The number of aryl methyl sites for hydroxylation is 2. The predicted molar refractivity (Wildman–Crippen MR) is 78.9 cm³/mol. The molecule has 1 aromatic heterocycles. The second-order valence-electron chi connectivity index (χ2n) is 4.81. The van der Waals surface area contributed by atoms with Gasteiger partial charge in [0.2, 0.25) is 0 Å². The van der Waals surface area contributed by atoms with Gasteiger partial charge in [0, 0.05) is 18.3 Å². The second kappa shape index (κ2) is 6.34. The average Bonchev–Trinajstić information content (AvgIpc) is 2.47. The highest BCUT2D eigenvalue weighted by atomic mass is 16.2. The molecule has 20 heavy (non-hydrogen) atoms. The fraction of sp³-hybridized carbons (Fsp3) is 0.333. The number of benzene rings is 1. The van der Waals surface area contributed by atoms with Gasteiger partial charge in [-0.1, -0.05) is 30.3 Å². The summed E-state index contributed by atoms with van der Waals surface area (Å²) >= 11 is 0. The van der Waals surface area contributed by atoms with Crippen molar-refractivity contribution in [2.45, 2.75) is 26.4 Å². The Morgan fingerprint density at radius 3 is 2.50 bits per heavy atom. The fourth-order valence-electron chi connectivity index (χ4n) is 2.13. The summed E-state index contributed by atoms with van der Waals surface area (Å²) in [5, 5.41) is 0. The Bertz CT molecular complexity index is 687. The van der Waals surface area contributed by atoms with E-state index in [1.54, 1.807) is 17.7 Å². The summed E-state index contributed by atoms with van der Waals surface area (Å²) in [5.41, 5.74) is 6.46. The van der Waals surface area contributed by atoms with E-state index in [4.69, 9.17) is 5.73 Å². The summed E-state index contributed by atoms with van der Waals surface area (Å²) in [6.45, 7) is 3.07. The van der Waals surface area contributed by atoms with Gasteiger partial charge in [-0.05, 0) is 25.5 Å². The Balaban J connectivity index is 2.44. The molecule has 0 aliphatic rings. The number of rotatable bonds is 5. The molecule has 1 aromatic carbocycles. The fourth-order valence-corrected chi connectivity index (χ4v) is 2.13. The zero-order chi connectivity index (χ0) is 14.5. The lowest BCUT2D eigenvalue weighted by atomic mass is 10.2. The van der Waals surface area contributed by atoms with Gasteiger partial charge in [-0.2, -0.15) is 0 Å². The van der Waals surface area contributed by atoms with Crippen LogP contribution < -0.4 is 17.0 Å². The summed E-state index contributed by atoms with van der Waals surface area (Å²) < 4.78 is 2.84. The summed E-state index contributed by atoms with van der Waals surface area (Å²) in [6.07, 6.45) is 2.32. The highest BCUT2D eigenvalue weighted by molar-refractivity contribution is 5.15. The molecule has 2 rings (SSSR count). The van der Waals surface area contributed by atoms with E-state index in [0.29, 0.717) is 31.6 Å². The summed E-state index contributed by atoms with van der Waals surface area (Å²) in [7, 11) is 0. The van der Waals surface area contributed by atoms with Crippen LogP contribution in [0.5, 0.6) is 0 Å². The first-order valence-electron chi connectivity index (χ1n) is 6.68. The van der Waals surface area contributed by atoms with Crippen molar-refractivity contribution in [2.24, 2.45) is 5.73 Å². The number of hydrogen-bond donors (Lipinski definition) is 1. The predicted octanol–water partition coefficient (Wildman–Crippen LogP) is 0.716. The van der Waals surface area contributed by atoms with Crippen molar-refractivity contribution < 1.29 is 0 Å². The highest BCUT2D eigenvalue weighted by Crippen LogP contribution is 1.99. The molecule has 0 radical (unpaired) electrons. The molecule has 0 aliphatic carbocycles. The third-order valence-electron chi connectivity index (χ3n) is 3.20. The molecule has 106 valence electrons. The second-order valence-corrected chi connectivity index (χ2v) is 4.81. The molecule has 0 spiro atoms. The SMILES string of the molecule is Cc1cn(CCCN)c(=O)n(Cc2ccccc2)c1=O.